The first-order valence-electron chi connectivity index (χ1n) is 6.59. The van der Waals surface area contributed by atoms with E-state index in [0.29, 0.717) is 11.3 Å². The van der Waals surface area contributed by atoms with E-state index in [0.717, 1.165) is 16.6 Å². The van der Waals surface area contributed by atoms with Crippen LogP contribution in [0.5, 0.6) is 0 Å². The van der Waals surface area contributed by atoms with Gasteiger partial charge in [0.1, 0.15) is 5.15 Å². The summed E-state index contributed by atoms with van der Waals surface area (Å²) in [6.45, 7) is 5.78. The molecule has 106 valence electrons. The molecule has 0 saturated heterocycles. The summed E-state index contributed by atoms with van der Waals surface area (Å²) in [6, 6.07) is 7.36. The molecule has 2 aromatic rings. The number of nitrogens with zero attached hydrogens (tertiary/aromatic N) is 1. The number of aromatic nitrogens is 2. The lowest BCUT2D eigenvalue weighted by Crippen LogP contribution is -2.36. The monoisotopic (exact) mass is 292 g/mol. The Morgan fingerprint density at radius 3 is 2.30 bits per heavy atom. The minimum Gasteiger partial charge on any atom is -0.297 e. The second-order valence-corrected chi connectivity index (χ2v) is 5.35. The van der Waals surface area contributed by atoms with E-state index in [4.69, 9.17) is 11.6 Å². The van der Waals surface area contributed by atoms with Crippen LogP contribution in [0, 0.1) is 0 Å². The molecule has 1 heterocycles. The summed E-state index contributed by atoms with van der Waals surface area (Å²) in [7, 11) is 0. The molecule has 0 spiro atoms. The van der Waals surface area contributed by atoms with Gasteiger partial charge in [-0.25, -0.2) is 9.36 Å². The molecule has 0 aliphatic rings. The van der Waals surface area contributed by atoms with Crippen molar-refractivity contribution in [3.8, 4) is 5.69 Å². The molecule has 1 N–H and O–H groups in total. The number of hydrogen-bond donors (Lipinski definition) is 1. The summed E-state index contributed by atoms with van der Waals surface area (Å²) < 4.78 is 1.13. The molecule has 0 amide bonds. The van der Waals surface area contributed by atoms with Gasteiger partial charge in [-0.05, 0) is 30.0 Å². The molecule has 0 radical (unpaired) electrons. The summed E-state index contributed by atoms with van der Waals surface area (Å²) in [4.78, 5) is 27.0. The average Bonchev–Trinajstić information content (AvgIpc) is 2.38. The van der Waals surface area contributed by atoms with Crippen LogP contribution in [-0.4, -0.2) is 9.55 Å². The quantitative estimate of drug-likeness (QED) is 0.885. The lowest BCUT2D eigenvalue weighted by atomic mass is 10.1. The van der Waals surface area contributed by atoms with Crippen LogP contribution in [0.3, 0.4) is 0 Å². The number of nitrogens with one attached hydrogen (secondary N) is 1. The van der Waals surface area contributed by atoms with Gasteiger partial charge in [-0.3, -0.25) is 9.78 Å². The fourth-order valence-electron chi connectivity index (χ4n) is 2.14. The van der Waals surface area contributed by atoms with E-state index in [1.165, 1.54) is 0 Å². The Hall–Kier alpha value is -1.81. The van der Waals surface area contributed by atoms with Crippen LogP contribution in [-0.2, 0) is 6.42 Å². The van der Waals surface area contributed by atoms with Crippen molar-refractivity contribution in [1.82, 2.24) is 9.55 Å². The second kappa shape index (κ2) is 5.67. The van der Waals surface area contributed by atoms with E-state index in [9.17, 15) is 9.59 Å². The molecule has 4 nitrogen and oxygen atoms in total. The molecule has 0 aliphatic heterocycles. The smallest absolute Gasteiger partial charge is 0.297 e. The third-order valence-electron chi connectivity index (χ3n) is 3.27. The van der Waals surface area contributed by atoms with E-state index in [1.807, 2.05) is 32.9 Å². The first kappa shape index (κ1) is 14.6. The van der Waals surface area contributed by atoms with E-state index in [-0.39, 0.29) is 16.6 Å². The molecule has 20 heavy (non-hydrogen) atoms. The molecule has 0 fully saturated rings. The fraction of sp³-hybridized carbons (Fsp3) is 0.333. The summed E-state index contributed by atoms with van der Waals surface area (Å²) in [5.74, 6) is -0.0620. The van der Waals surface area contributed by atoms with Crippen molar-refractivity contribution in [2.75, 3.05) is 0 Å². The normalized spacial score (nSPS) is 11.1. The maximum Gasteiger partial charge on any atom is 0.334 e. The lowest BCUT2D eigenvalue weighted by Gasteiger charge is -2.11. The summed E-state index contributed by atoms with van der Waals surface area (Å²) in [5.41, 5.74) is 1.24. The van der Waals surface area contributed by atoms with Crippen LogP contribution in [0.25, 0.3) is 5.69 Å². The standard InChI is InChI=1S/C15H17ClN2O2/c1-4-10-5-7-11(8-6-10)18-14(19)12(9(2)3)13(16)17-15(18)20/h5-9H,4H2,1-3H3,(H,17,20). The first-order valence-corrected chi connectivity index (χ1v) is 6.97. The van der Waals surface area contributed by atoms with Gasteiger partial charge in [-0.1, -0.05) is 44.5 Å². The van der Waals surface area contributed by atoms with Gasteiger partial charge in [0.25, 0.3) is 5.56 Å². The van der Waals surface area contributed by atoms with Crippen LogP contribution >= 0.6 is 11.6 Å². The van der Waals surface area contributed by atoms with Crippen LogP contribution in [0.15, 0.2) is 33.9 Å². The van der Waals surface area contributed by atoms with Crippen molar-refractivity contribution >= 4 is 11.6 Å². The SMILES string of the molecule is CCc1ccc(-n2c(=O)[nH]c(Cl)c(C(C)C)c2=O)cc1. The van der Waals surface area contributed by atoms with Gasteiger partial charge in [-0.2, -0.15) is 0 Å². The topological polar surface area (TPSA) is 54.9 Å². The Balaban J connectivity index is 2.70. The maximum atomic E-state index is 12.5. The Kier molecular flexibility index (Phi) is 4.14. The molecule has 0 bridgehead atoms. The average molecular weight is 293 g/mol. The zero-order valence-electron chi connectivity index (χ0n) is 11.7. The van der Waals surface area contributed by atoms with Gasteiger partial charge in [0, 0.05) is 0 Å². The van der Waals surface area contributed by atoms with Gasteiger partial charge in [0.05, 0.1) is 11.3 Å². The molecule has 0 saturated carbocycles. The number of aromatic amines is 1. The molecule has 5 heteroatoms. The largest absolute Gasteiger partial charge is 0.334 e. The van der Waals surface area contributed by atoms with Crippen LogP contribution in [0.2, 0.25) is 5.15 Å². The van der Waals surface area contributed by atoms with Crippen molar-refractivity contribution < 1.29 is 0 Å². The highest BCUT2D eigenvalue weighted by Crippen LogP contribution is 2.17. The highest BCUT2D eigenvalue weighted by molar-refractivity contribution is 6.30. The van der Waals surface area contributed by atoms with Crippen LogP contribution in [0.1, 0.15) is 37.8 Å². The van der Waals surface area contributed by atoms with E-state index in [2.05, 4.69) is 4.98 Å². The van der Waals surface area contributed by atoms with Gasteiger partial charge >= 0.3 is 5.69 Å². The number of halogens is 1. The minimum atomic E-state index is -0.520. The van der Waals surface area contributed by atoms with Crippen LogP contribution in [0.4, 0.5) is 0 Å². The van der Waals surface area contributed by atoms with Crippen molar-refractivity contribution in [2.45, 2.75) is 33.1 Å². The van der Waals surface area contributed by atoms with Crippen molar-refractivity contribution in [2.24, 2.45) is 0 Å². The zero-order valence-corrected chi connectivity index (χ0v) is 12.5. The molecular weight excluding hydrogens is 276 g/mol. The van der Waals surface area contributed by atoms with Gasteiger partial charge in [0.2, 0.25) is 0 Å². The predicted molar refractivity (Wildman–Crippen MR) is 81.1 cm³/mol. The molecule has 0 unspecified atom stereocenters. The Morgan fingerprint density at radius 2 is 1.80 bits per heavy atom. The number of aryl methyl sites for hydroxylation is 1. The van der Waals surface area contributed by atoms with E-state index < -0.39 is 5.69 Å². The maximum absolute atomic E-state index is 12.5. The number of benzene rings is 1. The highest BCUT2D eigenvalue weighted by atomic mass is 35.5. The van der Waals surface area contributed by atoms with E-state index >= 15 is 0 Å². The molecule has 2 rings (SSSR count). The highest BCUT2D eigenvalue weighted by Gasteiger charge is 2.16. The van der Waals surface area contributed by atoms with Crippen molar-refractivity contribution in [3.05, 3.63) is 61.4 Å². The summed E-state index contributed by atoms with van der Waals surface area (Å²) in [5, 5.41) is 0.122. The predicted octanol–water partition coefficient (Wildman–Crippen LogP) is 2.87. The molecular formula is C15H17ClN2O2. The Labute approximate surface area is 122 Å². The van der Waals surface area contributed by atoms with Crippen molar-refractivity contribution in [3.63, 3.8) is 0 Å². The van der Waals surface area contributed by atoms with Gasteiger partial charge in [0.15, 0.2) is 0 Å². The summed E-state index contributed by atoms with van der Waals surface area (Å²) >= 11 is 5.97. The number of rotatable bonds is 3. The second-order valence-electron chi connectivity index (χ2n) is 4.97. The zero-order chi connectivity index (χ0) is 14.9. The first-order chi connectivity index (χ1) is 9.45. The lowest BCUT2D eigenvalue weighted by molar-refractivity contribution is 0.777. The van der Waals surface area contributed by atoms with Crippen molar-refractivity contribution in [1.29, 1.82) is 0 Å². The number of hydrogen-bond acceptors (Lipinski definition) is 2. The van der Waals surface area contributed by atoms with E-state index in [1.54, 1.807) is 12.1 Å². The number of H-pyrrole nitrogens is 1. The third-order valence-corrected chi connectivity index (χ3v) is 3.57. The van der Waals surface area contributed by atoms with Gasteiger partial charge < -0.3 is 0 Å². The van der Waals surface area contributed by atoms with Gasteiger partial charge in [-0.15, -0.1) is 0 Å². The Morgan fingerprint density at radius 1 is 1.20 bits per heavy atom. The third kappa shape index (κ3) is 2.56. The van der Waals surface area contributed by atoms with Crippen LogP contribution < -0.4 is 11.2 Å². The molecule has 0 aliphatic carbocycles. The fourth-order valence-corrected chi connectivity index (χ4v) is 2.52. The minimum absolute atomic E-state index is 0.0620. The summed E-state index contributed by atoms with van der Waals surface area (Å²) in [6.07, 6.45) is 0.906. The molecule has 1 aromatic heterocycles. The molecule has 1 aromatic carbocycles. The Bertz CT molecular complexity index is 727. The molecule has 0 atom stereocenters.